The SMILES string of the molecule is CCOc1ccccc1OCC(=O)N1C[C@@H](CN)[C@H](c2ccccc2)C1. The molecule has 1 saturated heterocycles. The van der Waals surface area contributed by atoms with Crippen LogP contribution in [0.1, 0.15) is 18.4 Å². The first-order valence-electron chi connectivity index (χ1n) is 9.10. The number of hydrogen-bond acceptors (Lipinski definition) is 4. The molecule has 138 valence electrons. The molecule has 1 aliphatic rings. The molecule has 5 heteroatoms. The molecular weight excluding hydrogens is 328 g/mol. The van der Waals surface area contributed by atoms with Gasteiger partial charge in [-0.15, -0.1) is 0 Å². The molecule has 2 N–H and O–H groups in total. The first kappa shape index (κ1) is 18.3. The Bertz CT molecular complexity index is 720. The summed E-state index contributed by atoms with van der Waals surface area (Å²) < 4.78 is 11.3. The van der Waals surface area contributed by atoms with E-state index < -0.39 is 0 Å². The van der Waals surface area contributed by atoms with Crippen molar-refractivity contribution in [2.24, 2.45) is 11.7 Å². The zero-order valence-electron chi connectivity index (χ0n) is 15.1. The predicted molar refractivity (Wildman–Crippen MR) is 101 cm³/mol. The second-order valence-corrected chi connectivity index (χ2v) is 6.48. The Labute approximate surface area is 154 Å². The lowest BCUT2D eigenvalue weighted by molar-refractivity contribution is -0.132. The van der Waals surface area contributed by atoms with Crippen molar-refractivity contribution in [3.63, 3.8) is 0 Å². The molecule has 0 radical (unpaired) electrons. The van der Waals surface area contributed by atoms with Gasteiger partial charge < -0.3 is 20.1 Å². The van der Waals surface area contributed by atoms with Crippen LogP contribution in [0.3, 0.4) is 0 Å². The molecule has 2 aromatic rings. The van der Waals surface area contributed by atoms with Crippen molar-refractivity contribution in [2.45, 2.75) is 12.8 Å². The van der Waals surface area contributed by atoms with E-state index in [1.54, 1.807) is 0 Å². The summed E-state index contributed by atoms with van der Waals surface area (Å²) >= 11 is 0. The number of rotatable bonds is 7. The predicted octanol–water partition coefficient (Wildman–Crippen LogP) is 2.67. The summed E-state index contributed by atoms with van der Waals surface area (Å²) in [4.78, 5) is 14.5. The Morgan fingerprint density at radius 2 is 1.69 bits per heavy atom. The van der Waals surface area contributed by atoms with Crippen LogP contribution in [-0.2, 0) is 4.79 Å². The van der Waals surface area contributed by atoms with Crippen LogP contribution in [0.4, 0.5) is 0 Å². The van der Waals surface area contributed by atoms with E-state index in [-0.39, 0.29) is 24.3 Å². The van der Waals surface area contributed by atoms with Gasteiger partial charge in [-0.3, -0.25) is 4.79 Å². The van der Waals surface area contributed by atoms with Gasteiger partial charge in [-0.1, -0.05) is 42.5 Å². The van der Waals surface area contributed by atoms with Gasteiger partial charge in [0, 0.05) is 19.0 Å². The third-order valence-corrected chi connectivity index (χ3v) is 4.82. The highest BCUT2D eigenvalue weighted by molar-refractivity contribution is 5.78. The fourth-order valence-electron chi connectivity index (χ4n) is 3.47. The molecule has 1 heterocycles. The number of ether oxygens (including phenoxy) is 2. The van der Waals surface area contributed by atoms with E-state index >= 15 is 0 Å². The number of benzene rings is 2. The van der Waals surface area contributed by atoms with Gasteiger partial charge in [-0.2, -0.15) is 0 Å². The Balaban J connectivity index is 1.62. The number of hydrogen-bond donors (Lipinski definition) is 1. The Morgan fingerprint density at radius 3 is 2.35 bits per heavy atom. The van der Waals surface area contributed by atoms with Crippen LogP contribution in [0.2, 0.25) is 0 Å². The van der Waals surface area contributed by atoms with Gasteiger partial charge in [-0.05, 0) is 37.1 Å². The molecule has 0 unspecified atom stereocenters. The largest absolute Gasteiger partial charge is 0.490 e. The van der Waals surface area contributed by atoms with Crippen LogP contribution in [0, 0.1) is 5.92 Å². The molecule has 0 aromatic heterocycles. The van der Waals surface area contributed by atoms with Gasteiger partial charge in [0.1, 0.15) is 0 Å². The molecule has 2 aromatic carbocycles. The van der Waals surface area contributed by atoms with Crippen LogP contribution >= 0.6 is 0 Å². The smallest absolute Gasteiger partial charge is 0.260 e. The fourth-order valence-corrected chi connectivity index (χ4v) is 3.47. The van der Waals surface area contributed by atoms with E-state index in [1.807, 2.05) is 54.3 Å². The normalized spacial score (nSPS) is 19.4. The zero-order valence-corrected chi connectivity index (χ0v) is 15.1. The Morgan fingerprint density at radius 1 is 1.04 bits per heavy atom. The van der Waals surface area contributed by atoms with Gasteiger partial charge in [0.2, 0.25) is 0 Å². The number of carbonyl (C=O) groups is 1. The molecule has 26 heavy (non-hydrogen) atoms. The average Bonchev–Trinajstić information content (AvgIpc) is 3.12. The van der Waals surface area contributed by atoms with Crippen LogP contribution in [0.5, 0.6) is 11.5 Å². The van der Waals surface area contributed by atoms with Gasteiger partial charge in [-0.25, -0.2) is 0 Å². The maximum atomic E-state index is 12.6. The number of amides is 1. The highest BCUT2D eigenvalue weighted by Crippen LogP contribution is 2.32. The van der Waals surface area contributed by atoms with E-state index in [4.69, 9.17) is 15.2 Å². The lowest BCUT2D eigenvalue weighted by Crippen LogP contribution is -2.33. The van der Waals surface area contributed by atoms with Crippen molar-refractivity contribution in [3.8, 4) is 11.5 Å². The summed E-state index contributed by atoms with van der Waals surface area (Å²) in [5.74, 6) is 1.79. The lowest BCUT2D eigenvalue weighted by atomic mass is 9.89. The Hall–Kier alpha value is -2.53. The summed E-state index contributed by atoms with van der Waals surface area (Å²) in [6.07, 6.45) is 0. The Kier molecular flexibility index (Phi) is 6.12. The number of carbonyl (C=O) groups excluding carboxylic acids is 1. The molecule has 5 nitrogen and oxygen atoms in total. The summed E-state index contributed by atoms with van der Waals surface area (Å²) in [6.45, 7) is 4.40. The minimum Gasteiger partial charge on any atom is -0.490 e. The lowest BCUT2D eigenvalue weighted by Gasteiger charge is -2.18. The number of nitrogens with two attached hydrogens (primary N) is 1. The van der Waals surface area contributed by atoms with Gasteiger partial charge in [0.05, 0.1) is 6.61 Å². The van der Waals surface area contributed by atoms with E-state index in [0.717, 1.165) is 0 Å². The molecule has 1 fully saturated rings. The quantitative estimate of drug-likeness (QED) is 0.830. The van der Waals surface area contributed by atoms with Crippen molar-refractivity contribution in [2.75, 3.05) is 32.8 Å². The molecule has 0 aliphatic carbocycles. The number of nitrogens with zero attached hydrogens (tertiary/aromatic N) is 1. The van der Waals surface area contributed by atoms with Crippen LogP contribution in [0.25, 0.3) is 0 Å². The third kappa shape index (κ3) is 4.17. The fraction of sp³-hybridized carbons (Fsp3) is 0.381. The van der Waals surface area contributed by atoms with E-state index in [1.165, 1.54) is 5.56 Å². The summed E-state index contributed by atoms with van der Waals surface area (Å²) in [5, 5.41) is 0. The topological polar surface area (TPSA) is 64.8 Å². The van der Waals surface area contributed by atoms with E-state index in [2.05, 4.69) is 12.1 Å². The highest BCUT2D eigenvalue weighted by atomic mass is 16.5. The minimum atomic E-state index is -0.0202. The van der Waals surface area contributed by atoms with Gasteiger partial charge >= 0.3 is 0 Å². The maximum absolute atomic E-state index is 12.6. The minimum absolute atomic E-state index is 0.00287. The van der Waals surface area contributed by atoms with Crippen LogP contribution < -0.4 is 15.2 Å². The molecular formula is C21H26N2O3. The van der Waals surface area contributed by atoms with Gasteiger partial charge in [0.25, 0.3) is 5.91 Å². The molecule has 0 bridgehead atoms. The summed E-state index contributed by atoms with van der Waals surface area (Å²) in [6, 6.07) is 17.7. The first-order valence-corrected chi connectivity index (χ1v) is 9.10. The van der Waals surface area contributed by atoms with Gasteiger partial charge in [0.15, 0.2) is 18.1 Å². The second kappa shape index (κ2) is 8.72. The zero-order chi connectivity index (χ0) is 18.4. The summed E-state index contributed by atoms with van der Waals surface area (Å²) in [7, 11) is 0. The van der Waals surface area contributed by atoms with Crippen LogP contribution in [0.15, 0.2) is 54.6 Å². The highest BCUT2D eigenvalue weighted by Gasteiger charge is 2.35. The van der Waals surface area contributed by atoms with Crippen molar-refractivity contribution in [3.05, 3.63) is 60.2 Å². The molecule has 2 atom stereocenters. The second-order valence-electron chi connectivity index (χ2n) is 6.48. The van der Waals surface area contributed by atoms with E-state index in [9.17, 15) is 4.79 Å². The molecule has 1 amide bonds. The van der Waals surface area contributed by atoms with Crippen molar-refractivity contribution < 1.29 is 14.3 Å². The third-order valence-electron chi connectivity index (χ3n) is 4.82. The monoisotopic (exact) mass is 354 g/mol. The molecule has 1 aliphatic heterocycles. The van der Waals surface area contributed by atoms with Crippen molar-refractivity contribution in [1.29, 1.82) is 0 Å². The number of likely N-dealkylation sites (tertiary alicyclic amines) is 1. The van der Waals surface area contributed by atoms with Crippen LogP contribution in [-0.4, -0.2) is 43.7 Å². The summed E-state index contributed by atoms with van der Waals surface area (Å²) in [5.41, 5.74) is 7.19. The first-order chi connectivity index (χ1) is 12.7. The van der Waals surface area contributed by atoms with Crippen molar-refractivity contribution >= 4 is 5.91 Å². The standard InChI is InChI=1S/C21H26N2O3/c1-2-25-19-10-6-7-11-20(19)26-15-21(24)23-13-17(12-22)18(14-23)16-8-4-3-5-9-16/h3-11,17-18H,2,12-15,22H2,1H3/t17-,18+/m1/s1. The molecule has 3 rings (SSSR count). The van der Waals surface area contributed by atoms with Crippen molar-refractivity contribution in [1.82, 2.24) is 4.90 Å². The number of para-hydroxylation sites is 2. The average molecular weight is 354 g/mol. The maximum Gasteiger partial charge on any atom is 0.260 e. The molecule has 0 spiro atoms. The van der Waals surface area contributed by atoms with E-state index in [0.29, 0.717) is 37.7 Å². The molecule has 0 saturated carbocycles.